The molecule has 0 aromatic heterocycles. The Labute approximate surface area is 98.8 Å². The highest BCUT2D eigenvalue weighted by molar-refractivity contribution is 5.68. The van der Waals surface area contributed by atoms with Gasteiger partial charge in [-0.1, -0.05) is 0 Å². The van der Waals surface area contributed by atoms with E-state index in [1.54, 1.807) is 0 Å². The van der Waals surface area contributed by atoms with Crippen LogP contribution in [0, 0.1) is 28.5 Å². The number of nitriles is 2. The zero-order valence-electron chi connectivity index (χ0n) is 8.59. The van der Waals surface area contributed by atoms with Crippen LogP contribution in [0.15, 0.2) is 17.7 Å². The van der Waals surface area contributed by atoms with Gasteiger partial charge in [0.1, 0.15) is 29.3 Å². The summed E-state index contributed by atoms with van der Waals surface area (Å²) in [6.45, 7) is 0. The summed E-state index contributed by atoms with van der Waals surface area (Å²) in [6.07, 6.45) is -4.31. The number of benzene rings is 1. The van der Waals surface area contributed by atoms with E-state index in [0.29, 0.717) is 18.2 Å². The van der Waals surface area contributed by atoms with Gasteiger partial charge in [0, 0.05) is 0 Å². The molecule has 0 saturated carbocycles. The fourth-order valence-corrected chi connectivity index (χ4v) is 1.18. The first-order valence-electron chi connectivity index (χ1n) is 4.41. The molecule has 0 radical (unpaired) electrons. The summed E-state index contributed by atoms with van der Waals surface area (Å²) in [5.41, 5.74) is -2.91. The Hall–Kier alpha value is -2.54. The lowest BCUT2D eigenvalue weighted by molar-refractivity contribution is -0.138. The lowest BCUT2D eigenvalue weighted by atomic mass is 10.1. The molecule has 0 atom stereocenters. The van der Waals surface area contributed by atoms with Gasteiger partial charge in [-0.3, -0.25) is 0 Å². The average Bonchev–Trinajstić information content (AvgIpc) is 2.27. The molecule has 1 N–H and O–H groups in total. The van der Waals surface area contributed by atoms with Gasteiger partial charge in [-0.25, -0.2) is 4.39 Å². The first-order valence-corrected chi connectivity index (χ1v) is 4.41. The van der Waals surface area contributed by atoms with E-state index >= 15 is 0 Å². The molecule has 0 saturated heterocycles. The van der Waals surface area contributed by atoms with Crippen LogP contribution in [0.2, 0.25) is 0 Å². The standard InChI is InChI=1S/C11H4F4N2O/c12-9-2-1-8(11(13,14)15)10(18)7(9)3-6(4-16)5-17/h1-3,18H. The number of halogens is 4. The van der Waals surface area contributed by atoms with Crippen LogP contribution in [0.4, 0.5) is 17.6 Å². The molecular formula is C11H4F4N2O. The second kappa shape index (κ2) is 4.76. The SMILES string of the molecule is N#CC(C#N)=Cc1c(F)ccc(C(F)(F)F)c1O. The summed E-state index contributed by atoms with van der Waals surface area (Å²) < 4.78 is 50.5. The van der Waals surface area contributed by atoms with Crippen molar-refractivity contribution in [2.24, 2.45) is 0 Å². The number of allylic oxidation sites excluding steroid dienone is 1. The van der Waals surface area contributed by atoms with Gasteiger partial charge >= 0.3 is 6.18 Å². The van der Waals surface area contributed by atoms with Gasteiger partial charge in [-0.15, -0.1) is 0 Å². The van der Waals surface area contributed by atoms with Crippen LogP contribution in [-0.4, -0.2) is 5.11 Å². The highest BCUT2D eigenvalue weighted by atomic mass is 19.4. The van der Waals surface area contributed by atoms with Crippen molar-refractivity contribution in [3.8, 4) is 17.9 Å². The Morgan fingerprint density at radius 1 is 1.22 bits per heavy atom. The molecule has 3 nitrogen and oxygen atoms in total. The van der Waals surface area contributed by atoms with E-state index in [-0.39, 0.29) is 0 Å². The van der Waals surface area contributed by atoms with Crippen LogP contribution >= 0.6 is 0 Å². The van der Waals surface area contributed by atoms with Crippen molar-refractivity contribution in [3.63, 3.8) is 0 Å². The summed E-state index contributed by atoms with van der Waals surface area (Å²) in [7, 11) is 0. The number of phenolic OH excluding ortho intramolecular Hbond substituents is 1. The maximum atomic E-state index is 13.3. The van der Waals surface area contributed by atoms with Gasteiger partial charge in [0.05, 0.1) is 11.1 Å². The van der Waals surface area contributed by atoms with E-state index in [1.165, 1.54) is 12.1 Å². The molecule has 7 heteroatoms. The van der Waals surface area contributed by atoms with Gasteiger partial charge in [0.15, 0.2) is 0 Å². The topological polar surface area (TPSA) is 67.8 Å². The summed E-state index contributed by atoms with van der Waals surface area (Å²) in [6, 6.07) is 3.58. The van der Waals surface area contributed by atoms with E-state index < -0.39 is 34.4 Å². The first-order chi connectivity index (χ1) is 8.31. The van der Waals surface area contributed by atoms with Crippen molar-refractivity contribution in [1.29, 1.82) is 10.5 Å². The van der Waals surface area contributed by atoms with Crippen LogP contribution in [0.25, 0.3) is 6.08 Å². The van der Waals surface area contributed by atoms with Crippen molar-refractivity contribution in [2.75, 3.05) is 0 Å². The number of hydrogen-bond acceptors (Lipinski definition) is 3. The predicted octanol–water partition coefficient (Wildman–Crippen LogP) is 2.98. The number of nitrogens with zero attached hydrogens (tertiary/aromatic N) is 2. The lowest BCUT2D eigenvalue weighted by Gasteiger charge is -2.11. The van der Waals surface area contributed by atoms with Crippen LogP contribution in [-0.2, 0) is 6.18 Å². The van der Waals surface area contributed by atoms with E-state index in [1.807, 2.05) is 0 Å². The average molecular weight is 256 g/mol. The van der Waals surface area contributed by atoms with Gasteiger partial charge in [-0.05, 0) is 18.2 Å². The molecule has 0 unspecified atom stereocenters. The van der Waals surface area contributed by atoms with Crippen LogP contribution < -0.4 is 0 Å². The van der Waals surface area contributed by atoms with E-state index in [0.717, 1.165) is 0 Å². The van der Waals surface area contributed by atoms with Crippen molar-refractivity contribution < 1.29 is 22.7 Å². The monoisotopic (exact) mass is 256 g/mol. The van der Waals surface area contributed by atoms with Gasteiger partial charge in [0.25, 0.3) is 0 Å². The van der Waals surface area contributed by atoms with Crippen molar-refractivity contribution in [1.82, 2.24) is 0 Å². The lowest BCUT2D eigenvalue weighted by Crippen LogP contribution is -2.06. The largest absolute Gasteiger partial charge is 0.507 e. The van der Waals surface area contributed by atoms with Gasteiger partial charge < -0.3 is 5.11 Å². The molecule has 92 valence electrons. The molecule has 0 aliphatic heterocycles. The first kappa shape index (κ1) is 13.5. The highest BCUT2D eigenvalue weighted by Crippen LogP contribution is 2.39. The zero-order valence-corrected chi connectivity index (χ0v) is 8.59. The minimum absolute atomic E-state index is 0.375. The second-order valence-corrected chi connectivity index (χ2v) is 3.14. The van der Waals surface area contributed by atoms with Crippen molar-refractivity contribution in [3.05, 3.63) is 34.6 Å². The minimum Gasteiger partial charge on any atom is -0.507 e. The van der Waals surface area contributed by atoms with Gasteiger partial charge in [0.2, 0.25) is 0 Å². The molecule has 0 aliphatic carbocycles. The number of aromatic hydroxyl groups is 1. The van der Waals surface area contributed by atoms with Crippen LogP contribution in [0.5, 0.6) is 5.75 Å². The zero-order chi connectivity index (χ0) is 13.9. The molecule has 1 aromatic rings. The fraction of sp³-hybridized carbons (Fsp3) is 0.0909. The smallest absolute Gasteiger partial charge is 0.419 e. The van der Waals surface area contributed by atoms with Crippen LogP contribution in [0.1, 0.15) is 11.1 Å². The summed E-state index contributed by atoms with van der Waals surface area (Å²) >= 11 is 0. The third-order valence-electron chi connectivity index (χ3n) is 2.00. The molecule has 0 amide bonds. The predicted molar refractivity (Wildman–Crippen MR) is 52.3 cm³/mol. The molecule has 1 rings (SSSR count). The molecule has 0 heterocycles. The summed E-state index contributed by atoms with van der Waals surface area (Å²) in [5, 5.41) is 26.2. The summed E-state index contributed by atoms with van der Waals surface area (Å²) in [5.74, 6) is -2.52. The third-order valence-corrected chi connectivity index (χ3v) is 2.00. The normalized spacial score (nSPS) is 10.3. The number of rotatable bonds is 1. The highest BCUT2D eigenvalue weighted by Gasteiger charge is 2.35. The Bertz CT molecular complexity index is 575. The van der Waals surface area contributed by atoms with Crippen LogP contribution in [0.3, 0.4) is 0 Å². The van der Waals surface area contributed by atoms with Crippen molar-refractivity contribution in [2.45, 2.75) is 6.18 Å². The maximum Gasteiger partial charge on any atom is 0.419 e. The van der Waals surface area contributed by atoms with E-state index in [9.17, 15) is 22.7 Å². The number of phenols is 1. The summed E-state index contributed by atoms with van der Waals surface area (Å²) in [4.78, 5) is 0. The second-order valence-electron chi connectivity index (χ2n) is 3.14. The maximum absolute atomic E-state index is 13.3. The minimum atomic E-state index is -4.86. The molecule has 0 aliphatic rings. The molecule has 18 heavy (non-hydrogen) atoms. The fourth-order valence-electron chi connectivity index (χ4n) is 1.18. The number of alkyl halides is 3. The molecule has 0 spiro atoms. The van der Waals surface area contributed by atoms with E-state index in [2.05, 4.69) is 0 Å². The molecule has 0 bridgehead atoms. The Morgan fingerprint density at radius 2 is 1.78 bits per heavy atom. The Morgan fingerprint density at radius 3 is 2.22 bits per heavy atom. The Kier molecular flexibility index (Phi) is 3.58. The Balaban J connectivity index is 3.53. The van der Waals surface area contributed by atoms with E-state index in [4.69, 9.17) is 10.5 Å². The molecular weight excluding hydrogens is 252 g/mol. The van der Waals surface area contributed by atoms with Crippen molar-refractivity contribution >= 4 is 6.08 Å². The van der Waals surface area contributed by atoms with Gasteiger partial charge in [-0.2, -0.15) is 23.7 Å². The quantitative estimate of drug-likeness (QED) is 0.620. The number of hydrogen-bond donors (Lipinski definition) is 1. The molecule has 0 fully saturated rings. The molecule has 1 aromatic carbocycles. The third kappa shape index (κ3) is 2.58.